The van der Waals surface area contributed by atoms with Gasteiger partial charge in [0.2, 0.25) is 0 Å². The van der Waals surface area contributed by atoms with Crippen LogP contribution in [0.2, 0.25) is 0 Å². The molecule has 0 spiro atoms. The van der Waals surface area contributed by atoms with Crippen LogP contribution >= 0.6 is 0 Å². The quantitative estimate of drug-likeness (QED) is 0.806. The topological polar surface area (TPSA) is 36.6 Å². The van der Waals surface area contributed by atoms with E-state index in [1.807, 2.05) is 19.1 Å². The van der Waals surface area contributed by atoms with Crippen LogP contribution in [0, 0.1) is 0 Å². The molecule has 3 nitrogen and oxygen atoms in total. The van der Waals surface area contributed by atoms with E-state index in [2.05, 4.69) is 11.8 Å². The molecule has 15 heavy (non-hydrogen) atoms. The maximum atomic E-state index is 9.62. The second-order valence-corrected chi connectivity index (χ2v) is 4.46. The first kappa shape index (κ1) is 10.7. The van der Waals surface area contributed by atoms with Gasteiger partial charge in [-0.1, -0.05) is 0 Å². The van der Waals surface area contributed by atoms with Crippen LogP contribution in [-0.4, -0.2) is 28.2 Å². The Hall–Kier alpha value is -0.800. The van der Waals surface area contributed by atoms with E-state index >= 15 is 0 Å². The predicted octanol–water partition coefficient (Wildman–Crippen LogP) is 2.01. The van der Waals surface area contributed by atoms with Crippen LogP contribution in [0.5, 0.6) is 0 Å². The number of aliphatic hydroxyl groups excluding tert-OH is 1. The molecule has 1 aromatic heterocycles. The second-order valence-electron chi connectivity index (χ2n) is 4.46. The number of nitrogens with zero attached hydrogens (tertiary/aromatic N) is 1. The van der Waals surface area contributed by atoms with E-state index in [0.29, 0.717) is 6.04 Å². The summed E-state index contributed by atoms with van der Waals surface area (Å²) in [7, 11) is 0. The van der Waals surface area contributed by atoms with Crippen molar-refractivity contribution in [2.75, 3.05) is 0 Å². The van der Waals surface area contributed by atoms with Gasteiger partial charge in [-0.3, -0.25) is 4.90 Å². The highest BCUT2D eigenvalue weighted by atomic mass is 16.3. The molecule has 0 amide bonds. The van der Waals surface area contributed by atoms with Crippen LogP contribution < -0.4 is 0 Å². The van der Waals surface area contributed by atoms with Crippen molar-refractivity contribution in [2.45, 2.75) is 51.4 Å². The zero-order valence-corrected chi connectivity index (χ0v) is 9.39. The van der Waals surface area contributed by atoms with E-state index in [-0.39, 0.29) is 12.1 Å². The fourth-order valence-corrected chi connectivity index (χ4v) is 1.87. The van der Waals surface area contributed by atoms with Gasteiger partial charge in [0.15, 0.2) is 0 Å². The highest BCUT2D eigenvalue weighted by molar-refractivity contribution is 5.00. The van der Waals surface area contributed by atoms with Crippen molar-refractivity contribution in [1.29, 1.82) is 0 Å². The van der Waals surface area contributed by atoms with Gasteiger partial charge in [0.25, 0.3) is 0 Å². The maximum Gasteiger partial charge on any atom is 0.117 e. The molecule has 1 N–H and O–H groups in total. The van der Waals surface area contributed by atoms with Crippen LogP contribution in [-0.2, 0) is 6.54 Å². The van der Waals surface area contributed by atoms with Crippen molar-refractivity contribution < 1.29 is 9.52 Å². The molecule has 1 aromatic rings. The Morgan fingerprint density at radius 1 is 1.53 bits per heavy atom. The van der Waals surface area contributed by atoms with E-state index in [1.54, 1.807) is 6.26 Å². The largest absolute Gasteiger partial charge is 0.468 e. The summed E-state index contributed by atoms with van der Waals surface area (Å²) in [4.78, 5) is 2.34. The third-order valence-corrected chi connectivity index (χ3v) is 3.16. The molecular formula is C12H19NO2. The third-order valence-electron chi connectivity index (χ3n) is 3.16. The molecule has 84 valence electrons. The monoisotopic (exact) mass is 209 g/mol. The smallest absolute Gasteiger partial charge is 0.117 e. The molecule has 1 aliphatic rings. The molecule has 0 bridgehead atoms. The van der Waals surface area contributed by atoms with Crippen LogP contribution in [0.4, 0.5) is 0 Å². The first-order chi connectivity index (χ1) is 7.18. The number of hydrogen-bond acceptors (Lipinski definition) is 3. The average molecular weight is 209 g/mol. The molecule has 2 unspecified atom stereocenters. The summed E-state index contributed by atoms with van der Waals surface area (Å²) in [6.07, 6.45) is 3.91. The fourth-order valence-electron chi connectivity index (χ4n) is 1.87. The average Bonchev–Trinajstić information content (AvgIpc) is 2.92. The highest BCUT2D eigenvalue weighted by Crippen LogP contribution is 2.30. The number of aliphatic hydroxyl groups is 1. The van der Waals surface area contributed by atoms with Gasteiger partial charge < -0.3 is 9.52 Å². The minimum absolute atomic E-state index is 0.197. The van der Waals surface area contributed by atoms with Gasteiger partial charge in [-0.2, -0.15) is 0 Å². The highest BCUT2D eigenvalue weighted by Gasteiger charge is 2.34. The Morgan fingerprint density at radius 2 is 2.27 bits per heavy atom. The van der Waals surface area contributed by atoms with Gasteiger partial charge in [-0.15, -0.1) is 0 Å². The Balaban J connectivity index is 2.00. The Morgan fingerprint density at radius 3 is 2.73 bits per heavy atom. The van der Waals surface area contributed by atoms with E-state index in [4.69, 9.17) is 4.42 Å². The molecule has 2 atom stereocenters. The first-order valence-electron chi connectivity index (χ1n) is 5.64. The maximum absolute atomic E-state index is 9.62. The molecule has 0 aliphatic heterocycles. The second kappa shape index (κ2) is 4.37. The summed E-state index contributed by atoms with van der Waals surface area (Å²) in [5.74, 6) is 0.981. The van der Waals surface area contributed by atoms with E-state index in [9.17, 15) is 5.11 Å². The van der Waals surface area contributed by atoms with Crippen molar-refractivity contribution in [2.24, 2.45) is 0 Å². The van der Waals surface area contributed by atoms with Crippen LogP contribution in [0.25, 0.3) is 0 Å². The Labute approximate surface area is 90.7 Å². The molecule has 1 fully saturated rings. The predicted molar refractivity (Wildman–Crippen MR) is 58.4 cm³/mol. The SMILES string of the molecule is CC(O)C(C)N(Cc1ccco1)C1CC1. The van der Waals surface area contributed by atoms with Gasteiger partial charge in [0, 0.05) is 12.1 Å². The fraction of sp³-hybridized carbons (Fsp3) is 0.667. The molecule has 3 heteroatoms. The van der Waals surface area contributed by atoms with Crippen LogP contribution in [0.1, 0.15) is 32.4 Å². The summed E-state index contributed by atoms with van der Waals surface area (Å²) in [6, 6.07) is 4.74. The Kier molecular flexibility index (Phi) is 3.12. The molecule has 0 saturated heterocycles. The number of rotatable bonds is 5. The molecular weight excluding hydrogens is 190 g/mol. The van der Waals surface area contributed by atoms with Crippen LogP contribution in [0.3, 0.4) is 0 Å². The van der Waals surface area contributed by atoms with Crippen molar-refractivity contribution in [3.8, 4) is 0 Å². The lowest BCUT2D eigenvalue weighted by Crippen LogP contribution is -2.41. The summed E-state index contributed by atoms with van der Waals surface area (Å²) in [5.41, 5.74) is 0. The molecule has 1 saturated carbocycles. The third kappa shape index (κ3) is 2.61. The molecule has 0 radical (unpaired) electrons. The zero-order valence-electron chi connectivity index (χ0n) is 9.39. The molecule has 1 aliphatic carbocycles. The summed E-state index contributed by atoms with van der Waals surface area (Å²) < 4.78 is 5.35. The van der Waals surface area contributed by atoms with Gasteiger partial charge in [-0.25, -0.2) is 0 Å². The van der Waals surface area contributed by atoms with Crippen molar-refractivity contribution in [1.82, 2.24) is 4.90 Å². The normalized spacial score (nSPS) is 20.5. The summed E-state index contributed by atoms with van der Waals surface area (Å²) in [6.45, 7) is 4.73. The minimum atomic E-state index is -0.291. The van der Waals surface area contributed by atoms with Gasteiger partial charge in [0.1, 0.15) is 5.76 Å². The van der Waals surface area contributed by atoms with Crippen molar-refractivity contribution in [3.63, 3.8) is 0 Å². The standard InChI is InChI=1S/C12H19NO2/c1-9(10(2)14)13(11-5-6-11)8-12-4-3-7-15-12/h3-4,7,9-11,14H,5-6,8H2,1-2H3. The number of furan rings is 1. The lowest BCUT2D eigenvalue weighted by Gasteiger charge is -2.30. The van der Waals surface area contributed by atoms with Crippen molar-refractivity contribution in [3.05, 3.63) is 24.2 Å². The lowest BCUT2D eigenvalue weighted by atomic mass is 10.1. The molecule has 1 heterocycles. The van der Waals surface area contributed by atoms with Crippen molar-refractivity contribution >= 4 is 0 Å². The zero-order chi connectivity index (χ0) is 10.8. The molecule has 0 aromatic carbocycles. The van der Waals surface area contributed by atoms with Gasteiger partial charge in [-0.05, 0) is 38.8 Å². The summed E-state index contributed by atoms with van der Waals surface area (Å²) >= 11 is 0. The Bertz CT molecular complexity index is 291. The lowest BCUT2D eigenvalue weighted by molar-refractivity contribution is 0.0565. The van der Waals surface area contributed by atoms with Crippen LogP contribution in [0.15, 0.2) is 22.8 Å². The van der Waals surface area contributed by atoms with E-state index in [0.717, 1.165) is 12.3 Å². The van der Waals surface area contributed by atoms with E-state index in [1.165, 1.54) is 12.8 Å². The number of hydrogen-bond donors (Lipinski definition) is 1. The minimum Gasteiger partial charge on any atom is -0.468 e. The van der Waals surface area contributed by atoms with E-state index < -0.39 is 0 Å². The summed E-state index contributed by atoms with van der Waals surface area (Å²) in [5, 5.41) is 9.62. The van der Waals surface area contributed by atoms with Gasteiger partial charge in [0.05, 0.1) is 18.9 Å². The first-order valence-corrected chi connectivity index (χ1v) is 5.64. The molecule has 2 rings (SSSR count). The van der Waals surface area contributed by atoms with Gasteiger partial charge >= 0.3 is 0 Å².